The van der Waals surface area contributed by atoms with Crippen LogP contribution < -0.4 is 5.32 Å². The SMILES string of the molecule is CCC(OC(=O)c1ccc(-c2nc(C)c(C)[nH]2)cc1)C(=O)Nc1ccccc1C(=O)OC. The molecule has 1 aromatic heterocycles. The first kappa shape index (κ1) is 22.7. The fourth-order valence-corrected chi connectivity index (χ4v) is 3.06. The summed E-state index contributed by atoms with van der Waals surface area (Å²) in [6, 6.07) is 13.2. The van der Waals surface area contributed by atoms with Crippen molar-refractivity contribution in [1.29, 1.82) is 0 Å². The van der Waals surface area contributed by atoms with Crippen LogP contribution >= 0.6 is 0 Å². The van der Waals surface area contributed by atoms with Gasteiger partial charge in [-0.25, -0.2) is 14.6 Å². The Bertz CT molecular complexity index is 1120. The zero-order chi connectivity index (χ0) is 23.3. The maximum Gasteiger partial charge on any atom is 0.339 e. The number of aromatic nitrogens is 2. The topological polar surface area (TPSA) is 110 Å². The van der Waals surface area contributed by atoms with Gasteiger partial charge in [0.05, 0.1) is 29.6 Å². The Morgan fingerprint density at radius 2 is 1.72 bits per heavy atom. The third-order valence-corrected chi connectivity index (χ3v) is 5.02. The molecule has 32 heavy (non-hydrogen) atoms. The molecule has 3 rings (SSSR count). The maximum absolute atomic E-state index is 12.7. The van der Waals surface area contributed by atoms with E-state index in [0.717, 1.165) is 22.8 Å². The van der Waals surface area contributed by atoms with Crippen LogP contribution in [0.5, 0.6) is 0 Å². The zero-order valence-corrected chi connectivity index (χ0v) is 18.4. The summed E-state index contributed by atoms with van der Waals surface area (Å²) >= 11 is 0. The molecule has 0 bridgehead atoms. The molecule has 3 aromatic rings. The van der Waals surface area contributed by atoms with Gasteiger partial charge in [0.25, 0.3) is 5.91 Å². The first-order chi connectivity index (χ1) is 15.3. The number of hydrogen-bond acceptors (Lipinski definition) is 6. The van der Waals surface area contributed by atoms with Gasteiger partial charge in [0.2, 0.25) is 0 Å². The molecule has 0 radical (unpaired) electrons. The molecule has 2 aromatic carbocycles. The second kappa shape index (κ2) is 9.91. The van der Waals surface area contributed by atoms with Crippen molar-refractivity contribution in [3.05, 3.63) is 71.0 Å². The van der Waals surface area contributed by atoms with E-state index in [1.165, 1.54) is 13.2 Å². The van der Waals surface area contributed by atoms with Gasteiger partial charge in [-0.2, -0.15) is 0 Å². The highest BCUT2D eigenvalue weighted by Gasteiger charge is 2.24. The highest BCUT2D eigenvalue weighted by molar-refractivity contribution is 6.03. The number of H-pyrrole nitrogens is 1. The van der Waals surface area contributed by atoms with Gasteiger partial charge >= 0.3 is 11.9 Å². The number of hydrogen-bond donors (Lipinski definition) is 2. The normalized spacial score (nSPS) is 11.5. The first-order valence-electron chi connectivity index (χ1n) is 10.2. The predicted molar refractivity (Wildman–Crippen MR) is 119 cm³/mol. The van der Waals surface area contributed by atoms with Crippen molar-refractivity contribution in [3.63, 3.8) is 0 Å². The van der Waals surface area contributed by atoms with Gasteiger partial charge < -0.3 is 19.8 Å². The summed E-state index contributed by atoms with van der Waals surface area (Å²) in [5, 5.41) is 2.64. The molecule has 0 saturated carbocycles. The number of esters is 2. The minimum Gasteiger partial charge on any atom is -0.465 e. The minimum absolute atomic E-state index is 0.212. The van der Waals surface area contributed by atoms with Crippen LogP contribution in [0.25, 0.3) is 11.4 Å². The largest absolute Gasteiger partial charge is 0.465 e. The molecule has 1 amide bonds. The number of anilines is 1. The van der Waals surface area contributed by atoms with E-state index < -0.39 is 23.9 Å². The van der Waals surface area contributed by atoms with Crippen molar-refractivity contribution in [2.45, 2.75) is 33.3 Å². The number of nitrogens with zero attached hydrogens (tertiary/aromatic N) is 1. The number of nitrogens with one attached hydrogen (secondary N) is 2. The van der Waals surface area contributed by atoms with Crippen molar-refractivity contribution < 1.29 is 23.9 Å². The van der Waals surface area contributed by atoms with E-state index in [2.05, 4.69) is 15.3 Å². The summed E-state index contributed by atoms with van der Waals surface area (Å²) in [5.74, 6) is -1.01. The summed E-state index contributed by atoms with van der Waals surface area (Å²) in [4.78, 5) is 44.8. The zero-order valence-electron chi connectivity index (χ0n) is 18.4. The van der Waals surface area contributed by atoms with E-state index in [1.54, 1.807) is 49.4 Å². The fraction of sp³-hybridized carbons (Fsp3) is 0.250. The molecule has 0 fully saturated rings. The Morgan fingerprint density at radius 1 is 1.03 bits per heavy atom. The third kappa shape index (κ3) is 5.03. The van der Waals surface area contributed by atoms with Crippen LogP contribution in [0.3, 0.4) is 0 Å². The molecule has 166 valence electrons. The number of aromatic amines is 1. The molecule has 1 heterocycles. The van der Waals surface area contributed by atoms with Crippen LogP contribution in [-0.4, -0.2) is 41.0 Å². The molecule has 0 aliphatic carbocycles. The van der Waals surface area contributed by atoms with Gasteiger partial charge in [-0.1, -0.05) is 31.2 Å². The number of imidazole rings is 1. The highest BCUT2D eigenvalue weighted by Crippen LogP contribution is 2.20. The van der Waals surface area contributed by atoms with E-state index in [1.807, 2.05) is 13.8 Å². The number of carbonyl (C=O) groups excluding carboxylic acids is 3. The summed E-state index contributed by atoms with van der Waals surface area (Å²) in [7, 11) is 1.26. The molecule has 1 atom stereocenters. The highest BCUT2D eigenvalue weighted by atomic mass is 16.5. The molecule has 0 spiro atoms. The Balaban J connectivity index is 1.69. The van der Waals surface area contributed by atoms with Crippen molar-refractivity contribution in [1.82, 2.24) is 9.97 Å². The second-order valence-electron chi connectivity index (χ2n) is 7.20. The van der Waals surface area contributed by atoms with Gasteiger partial charge in [-0.3, -0.25) is 4.79 Å². The lowest BCUT2D eigenvalue weighted by molar-refractivity contribution is -0.124. The van der Waals surface area contributed by atoms with Gasteiger partial charge in [-0.15, -0.1) is 0 Å². The Morgan fingerprint density at radius 3 is 2.31 bits per heavy atom. The number of rotatable bonds is 7. The lowest BCUT2D eigenvalue weighted by Gasteiger charge is -2.17. The molecule has 8 nitrogen and oxygen atoms in total. The van der Waals surface area contributed by atoms with Crippen molar-refractivity contribution >= 4 is 23.5 Å². The van der Waals surface area contributed by atoms with Crippen molar-refractivity contribution in [2.75, 3.05) is 12.4 Å². The summed E-state index contributed by atoms with van der Waals surface area (Å²) in [5.41, 5.74) is 3.54. The monoisotopic (exact) mass is 435 g/mol. The molecule has 8 heteroatoms. The number of carbonyl (C=O) groups is 3. The number of para-hydroxylation sites is 1. The second-order valence-corrected chi connectivity index (χ2v) is 7.20. The van der Waals surface area contributed by atoms with Crippen LogP contribution in [-0.2, 0) is 14.3 Å². The molecule has 1 unspecified atom stereocenters. The number of amides is 1. The lowest BCUT2D eigenvalue weighted by Crippen LogP contribution is -2.32. The van der Waals surface area contributed by atoms with Crippen LogP contribution in [0.4, 0.5) is 5.69 Å². The van der Waals surface area contributed by atoms with Gasteiger partial charge in [0.1, 0.15) is 5.82 Å². The average molecular weight is 435 g/mol. The minimum atomic E-state index is -1.02. The Labute approximate surface area is 186 Å². The molecular weight excluding hydrogens is 410 g/mol. The van der Waals surface area contributed by atoms with E-state index in [0.29, 0.717) is 5.56 Å². The maximum atomic E-state index is 12.7. The molecule has 0 aliphatic heterocycles. The molecular formula is C24H25N3O5. The van der Waals surface area contributed by atoms with Crippen LogP contribution in [0, 0.1) is 13.8 Å². The van der Waals surface area contributed by atoms with Crippen LogP contribution in [0.1, 0.15) is 45.4 Å². The number of benzene rings is 2. The predicted octanol–water partition coefficient (Wildman–Crippen LogP) is 4.05. The van der Waals surface area contributed by atoms with E-state index in [4.69, 9.17) is 9.47 Å². The van der Waals surface area contributed by atoms with Gasteiger partial charge in [0.15, 0.2) is 6.10 Å². The van der Waals surface area contributed by atoms with Gasteiger partial charge in [-0.05, 0) is 44.5 Å². The Hall–Kier alpha value is -3.94. The van der Waals surface area contributed by atoms with E-state index in [-0.39, 0.29) is 17.7 Å². The average Bonchev–Trinajstić information content (AvgIpc) is 3.15. The van der Waals surface area contributed by atoms with Crippen molar-refractivity contribution in [2.24, 2.45) is 0 Å². The number of aryl methyl sites for hydroxylation is 2. The molecule has 0 saturated heterocycles. The van der Waals surface area contributed by atoms with Crippen LogP contribution in [0.15, 0.2) is 48.5 Å². The number of ether oxygens (including phenoxy) is 2. The fourth-order valence-electron chi connectivity index (χ4n) is 3.06. The summed E-state index contributed by atoms with van der Waals surface area (Å²) in [6.45, 7) is 5.59. The quantitative estimate of drug-likeness (QED) is 0.542. The molecule has 0 aliphatic rings. The summed E-state index contributed by atoms with van der Waals surface area (Å²) < 4.78 is 10.2. The van der Waals surface area contributed by atoms with E-state index >= 15 is 0 Å². The molecule has 2 N–H and O–H groups in total. The van der Waals surface area contributed by atoms with Crippen LogP contribution in [0.2, 0.25) is 0 Å². The standard InChI is InChI=1S/C24H25N3O5/c1-5-20(22(28)27-19-9-7-6-8-18(19)24(30)31-4)32-23(29)17-12-10-16(11-13-17)21-25-14(2)15(3)26-21/h6-13,20H,5H2,1-4H3,(H,25,26)(H,27,28). The van der Waals surface area contributed by atoms with Gasteiger partial charge in [0, 0.05) is 11.3 Å². The third-order valence-electron chi connectivity index (χ3n) is 5.02. The van der Waals surface area contributed by atoms with E-state index in [9.17, 15) is 14.4 Å². The number of methoxy groups -OCH3 is 1. The summed E-state index contributed by atoms with van der Waals surface area (Å²) in [6.07, 6.45) is -0.760. The smallest absolute Gasteiger partial charge is 0.339 e. The lowest BCUT2D eigenvalue weighted by atomic mass is 10.1. The first-order valence-corrected chi connectivity index (χ1v) is 10.2. The van der Waals surface area contributed by atoms with Crippen molar-refractivity contribution in [3.8, 4) is 11.4 Å². The Kier molecular flexibility index (Phi) is 7.04.